The van der Waals surface area contributed by atoms with Crippen LogP contribution in [0.5, 0.6) is 0 Å². The molecule has 0 amide bonds. The second-order valence-corrected chi connectivity index (χ2v) is 4.49. The lowest BCUT2D eigenvalue weighted by atomic mass is 10.2. The minimum Gasteiger partial charge on any atom is -0.349 e. The van der Waals surface area contributed by atoms with Crippen molar-refractivity contribution in [3.05, 3.63) is 48.5 Å². The van der Waals surface area contributed by atoms with Crippen LogP contribution in [-0.4, -0.2) is 33.0 Å². The maximum atomic E-state index is 5.73. The van der Waals surface area contributed by atoms with Crippen molar-refractivity contribution < 1.29 is 0 Å². The van der Waals surface area contributed by atoms with Crippen LogP contribution in [-0.2, 0) is 6.54 Å². The van der Waals surface area contributed by atoms with Crippen molar-refractivity contribution in [2.75, 3.05) is 18.0 Å². The van der Waals surface area contributed by atoms with Crippen LogP contribution in [0, 0.1) is 0 Å². The van der Waals surface area contributed by atoms with Crippen LogP contribution in [0.1, 0.15) is 5.56 Å². The predicted molar refractivity (Wildman–Crippen MR) is 78.2 cm³/mol. The van der Waals surface area contributed by atoms with Crippen molar-refractivity contribution in [1.82, 2.24) is 19.9 Å². The Labute approximate surface area is 116 Å². The molecule has 0 spiro atoms. The second kappa shape index (κ2) is 5.66. The number of fused-ring (bicyclic) bond motifs is 1. The van der Waals surface area contributed by atoms with Crippen LogP contribution in [0.4, 0.5) is 5.82 Å². The number of nitrogens with two attached hydrogens (primary N) is 1. The van der Waals surface area contributed by atoms with E-state index in [0.717, 1.165) is 24.4 Å². The van der Waals surface area contributed by atoms with Gasteiger partial charge in [0, 0.05) is 19.6 Å². The normalized spacial score (nSPS) is 10.8. The summed E-state index contributed by atoms with van der Waals surface area (Å²) in [5.74, 6) is 0.835. The lowest BCUT2D eigenvalue weighted by molar-refractivity contribution is 0.777. The molecule has 0 aliphatic rings. The van der Waals surface area contributed by atoms with Crippen molar-refractivity contribution >= 4 is 17.0 Å². The Bertz CT molecular complexity index is 678. The number of aromatic amines is 1. The van der Waals surface area contributed by atoms with Crippen LogP contribution in [0.25, 0.3) is 11.2 Å². The Hall–Kier alpha value is -2.47. The first-order chi connectivity index (χ1) is 9.88. The third-order valence-electron chi connectivity index (χ3n) is 3.12. The Morgan fingerprint density at radius 1 is 1.10 bits per heavy atom. The molecule has 2 heterocycles. The van der Waals surface area contributed by atoms with Crippen molar-refractivity contribution in [2.45, 2.75) is 6.54 Å². The highest BCUT2D eigenvalue weighted by molar-refractivity contribution is 5.82. The van der Waals surface area contributed by atoms with E-state index in [1.165, 1.54) is 11.9 Å². The summed E-state index contributed by atoms with van der Waals surface area (Å²) in [4.78, 5) is 17.9. The molecule has 1 aromatic carbocycles. The molecule has 0 saturated carbocycles. The first-order valence-electron chi connectivity index (χ1n) is 6.51. The van der Waals surface area contributed by atoms with Gasteiger partial charge in [0.1, 0.15) is 11.8 Å². The molecule has 0 bridgehead atoms. The summed E-state index contributed by atoms with van der Waals surface area (Å²) in [6, 6.07) is 10.3. The number of imidazole rings is 1. The molecule has 102 valence electrons. The number of nitrogens with one attached hydrogen (secondary N) is 1. The van der Waals surface area contributed by atoms with E-state index in [4.69, 9.17) is 5.73 Å². The zero-order chi connectivity index (χ0) is 13.8. The number of hydrogen-bond donors (Lipinski definition) is 2. The van der Waals surface area contributed by atoms with Gasteiger partial charge in [-0.25, -0.2) is 15.0 Å². The number of rotatable bonds is 5. The van der Waals surface area contributed by atoms with Gasteiger partial charge in [-0.15, -0.1) is 0 Å². The summed E-state index contributed by atoms with van der Waals surface area (Å²) >= 11 is 0. The largest absolute Gasteiger partial charge is 0.349 e. The molecule has 20 heavy (non-hydrogen) atoms. The van der Waals surface area contributed by atoms with Gasteiger partial charge in [0.05, 0.1) is 6.33 Å². The van der Waals surface area contributed by atoms with E-state index in [-0.39, 0.29) is 0 Å². The summed E-state index contributed by atoms with van der Waals surface area (Å²) in [6.07, 6.45) is 3.17. The van der Waals surface area contributed by atoms with Gasteiger partial charge in [-0.3, -0.25) is 0 Å². The second-order valence-electron chi connectivity index (χ2n) is 4.49. The average molecular weight is 268 g/mol. The topological polar surface area (TPSA) is 83.7 Å². The first kappa shape index (κ1) is 12.6. The zero-order valence-electron chi connectivity index (χ0n) is 11.0. The number of nitrogens with zero attached hydrogens (tertiary/aromatic N) is 4. The predicted octanol–water partition coefficient (Wildman–Crippen LogP) is 1.32. The van der Waals surface area contributed by atoms with Crippen molar-refractivity contribution in [2.24, 2.45) is 5.73 Å². The number of benzene rings is 1. The van der Waals surface area contributed by atoms with Crippen LogP contribution < -0.4 is 10.6 Å². The van der Waals surface area contributed by atoms with E-state index < -0.39 is 0 Å². The van der Waals surface area contributed by atoms with Gasteiger partial charge >= 0.3 is 0 Å². The maximum Gasteiger partial charge on any atom is 0.182 e. The molecule has 6 nitrogen and oxygen atoms in total. The third kappa shape index (κ3) is 2.46. The molecule has 2 aromatic heterocycles. The molecule has 6 heteroatoms. The number of hydrogen-bond acceptors (Lipinski definition) is 5. The number of anilines is 1. The molecule has 3 aromatic rings. The molecular formula is C14H16N6. The van der Waals surface area contributed by atoms with E-state index in [1.54, 1.807) is 6.33 Å². The molecule has 0 saturated heterocycles. The van der Waals surface area contributed by atoms with Crippen LogP contribution >= 0.6 is 0 Å². The third-order valence-corrected chi connectivity index (χ3v) is 3.12. The number of aromatic nitrogens is 4. The summed E-state index contributed by atoms with van der Waals surface area (Å²) in [5, 5.41) is 0. The molecule has 3 N–H and O–H groups in total. The Balaban J connectivity index is 1.96. The minimum atomic E-state index is 0.562. The van der Waals surface area contributed by atoms with Gasteiger partial charge in [-0.2, -0.15) is 0 Å². The summed E-state index contributed by atoms with van der Waals surface area (Å²) in [7, 11) is 0. The molecular weight excluding hydrogens is 252 g/mol. The quantitative estimate of drug-likeness (QED) is 0.729. The molecule has 0 aliphatic heterocycles. The summed E-state index contributed by atoms with van der Waals surface area (Å²) in [6.45, 7) is 2.04. The van der Waals surface area contributed by atoms with E-state index in [9.17, 15) is 0 Å². The lowest BCUT2D eigenvalue weighted by Gasteiger charge is -2.23. The van der Waals surface area contributed by atoms with Crippen LogP contribution in [0.2, 0.25) is 0 Å². The monoisotopic (exact) mass is 268 g/mol. The highest BCUT2D eigenvalue weighted by Gasteiger charge is 2.13. The molecule has 0 atom stereocenters. The molecule has 0 fully saturated rings. The van der Waals surface area contributed by atoms with Gasteiger partial charge in [-0.1, -0.05) is 30.3 Å². The number of H-pyrrole nitrogens is 1. The Morgan fingerprint density at radius 3 is 2.75 bits per heavy atom. The van der Waals surface area contributed by atoms with Gasteiger partial charge in [0.25, 0.3) is 0 Å². The van der Waals surface area contributed by atoms with Gasteiger partial charge in [0.15, 0.2) is 11.5 Å². The average Bonchev–Trinajstić information content (AvgIpc) is 2.96. The highest BCUT2D eigenvalue weighted by atomic mass is 15.2. The summed E-state index contributed by atoms with van der Waals surface area (Å²) in [5.41, 5.74) is 8.46. The SMILES string of the molecule is NCCN(Cc1ccccc1)c1ncnc2nc[nH]c12. The van der Waals surface area contributed by atoms with Gasteiger partial charge in [-0.05, 0) is 5.56 Å². The highest BCUT2D eigenvalue weighted by Crippen LogP contribution is 2.21. The zero-order valence-corrected chi connectivity index (χ0v) is 11.0. The van der Waals surface area contributed by atoms with E-state index in [2.05, 4.69) is 37.0 Å². The molecule has 0 aliphatic carbocycles. The van der Waals surface area contributed by atoms with Crippen molar-refractivity contribution in [3.8, 4) is 0 Å². The minimum absolute atomic E-state index is 0.562. The fraction of sp³-hybridized carbons (Fsp3) is 0.214. The van der Waals surface area contributed by atoms with E-state index in [1.807, 2.05) is 18.2 Å². The van der Waals surface area contributed by atoms with Crippen molar-refractivity contribution in [3.63, 3.8) is 0 Å². The van der Waals surface area contributed by atoms with E-state index in [0.29, 0.717) is 12.2 Å². The van der Waals surface area contributed by atoms with Gasteiger partial charge in [0.2, 0.25) is 0 Å². The van der Waals surface area contributed by atoms with E-state index >= 15 is 0 Å². The molecule has 0 radical (unpaired) electrons. The summed E-state index contributed by atoms with van der Waals surface area (Å²) < 4.78 is 0. The fourth-order valence-electron chi connectivity index (χ4n) is 2.21. The molecule has 3 rings (SSSR count). The maximum absolute atomic E-state index is 5.73. The van der Waals surface area contributed by atoms with Crippen LogP contribution in [0.3, 0.4) is 0 Å². The standard InChI is InChI=1S/C14H16N6/c15-6-7-20(8-11-4-2-1-3-5-11)14-12-13(17-9-16-12)18-10-19-14/h1-5,9-10H,6-8,15H2,(H,16,17,18,19). The van der Waals surface area contributed by atoms with Gasteiger partial charge < -0.3 is 15.6 Å². The Morgan fingerprint density at radius 2 is 1.95 bits per heavy atom. The smallest absolute Gasteiger partial charge is 0.182 e. The fourth-order valence-corrected chi connectivity index (χ4v) is 2.21. The first-order valence-corrected chi connectivity index (χ1v) is 6.51. The molecule has 0 unspecified atom stereocenters. The lowest BCUT2D eigenvalue weighted by Crippen LogP contribution is -2.30. The van der Waals surface area contributed by atoms with Crippen LogP contribution in [0.15, 0.2) is 43.0 Å². The Kier molecular flexibility index (Phi) is 3.56. The van der Waals surface area contributed by atoms with Crippen molar-refractivity contribution in [1.29, 1.82) is 0 Å².